The molecule has 3 nitrogen and oxygen atoms in total. The molecule has 72 valence electrons. The Hall–Kier alpha value is 0.215. The van der Waals surface area contributed by atoms with Crippen LogP contribution in [0, 0.1) is 5.92 Å². The molecule has 1 atom stereocenters. The lowest BCUT2D eigenvalue weighted by Crippen LogP contribution is -2.13. The van der Waals surface area contributed by atoms with Gasteiger partial charge in [0, 0.05) is 6.61 Å². The number of aliphatic hydroxyl groups is 1. The van der Waals surface area contributed by atoms with Crippen molar-refractivity contribution in [2.24, 2.45) is 5.92 Å². The summed E-state index contributed by atoms with van der Waals surface area (Å²) in [6, 6.07) is 0. The molecule has 0 aliphatic carbocycles. The van der Waals surface area contributed by atoms with Crippen LogP contribution >= 0.6 is 7.14 Å². The van der Waals surface area contributed by atoms with Crippen LogP contribution < -0.4 is 0 Å². The second kappa shape index (κ2) is 5.79. The molecular formula is C7H18BO3P. The maximum atomic E-state index is 11.2. The number of ether oxygens (including phenoxy) is 1. The number of hydrogen-bond acceptors (Lipinski definition) is 3. The smallest absolute Gasteiger partial charge is 0.106 e. The highest BCUT2D eigenvalue weighted by Crippen LogP contribution is 2.35. The molecule has 0 bridgehead atoms. The lowest BCUT2D eigenvalue weighted by Gasteiger charge is -2.13. The molecule has 0 aromatic carbocycles. The Labute approximate surface area is 75.3 Å². The summed E-state index contributed by atoms with van der Waals surface area (Å²) in [5, 5.41) is 8.81. The van der Waals surface area contributed by atoms with Crippen molar-refractivity contribution in [3.05, 3.63) is 0 Å². The topological polar surface area (TPSA) is 46.5 Å². The lowest BCUT2D eigenvalue weighted by molar-refractivity contribution is 0.107. The third kappa shape index (κ3) is 6.90. The van der Waals surface area contributed by atoms with E-state index in [-0.39, 0.29) is 12.5 Å². The summed E-state index contributed by atoms with van der Waals surface area (Å²) in [6.45, 7) is 4.06. The highest BCUT2D eigenvalue weighted by molar-refractivity contribution is 7.62. The first kappa shape index (κ1) is 12.2. The van der Waals surface area contributed by atoms with E-state index in [1.807, 2.05) is 7.85 Å². The van der Waals surface area contributed by atoms with Crippen molar-refractivity contribution < 1.29 is 14.4 Å². The molecule has 0 spiro atoms. The molecule has 0 aliphatic rings. The average Bonchev–Trinajstić information content (AvgIpc) is 1.96. The molecule has 1 unspecified atom stereocenters. The molecule has 12 heavy (non-hydrogen) atoms. The summed E-state index contributed by atoms with van der Waals surface area (Å²) < 4.78 is 16.4. The normalized spacial score (nSPS) is 14.6. The van der Waals surface area contributed by atoms with Crippen LogP contribution in [0.3, 0.4) is 0 Å². The predicted octanol–water partition coefficient (Wildman–Crippen LogP) is 0.243. The van der Waals surface area contributed by atoms with Gasteiger partial charge >= 0.3 is 0 Å². The van der Waals surface area contributed by atoms with E-state index in [2.05, 4.69) is 0 Å². The predicted molar refractivity (Wildman–Crippen MR) is 54.2 cm³/mol. The van der Waals surface area contributed by atoms with Crippen molar-refractivity contribution in [1.29, 1.82) is 0 Å². The van der Waals surface area contributed by atoms with Crippen LogP contribution in [0.2, 0.25) is 6.32 Å². The van der Waals surface area contributed by atoms with Crippen molar-refractivity contribution in [1.82, 2.24) is 0 Å². The van der Waals surface area contributed by atoms with Crippen LogP contribution in [0.15, 0.2) is 0 Å². The van der Waals surface area contributed by atoms with Gasteiger partial charge in [0.2, 0.25) is 0 Å². The lowest BCUT2D eigenvalue weighted by atomic mass is 9.93. The molecule has 0 heterocycles. The Bertz CT molecular complexity index is 153. The minimum Gasteiger partial charge on any atom is -0.396 e. The van der Waals surface area contributed by atoms with E-state index >= 15 is 0 Å². The molecule has 0 amide bonds. The molecule has 0 aromatic heterocycles. The van der Waals surface area contributed by atoms with Gasteiger partial charge in [0.05, 0.1) is 13.0 Å². The van der Waals surface area contributed by atoms with Crippen LogP contribution in [-0.2, 0) is 9.30 Å². The molecule has 0 saturated carbocycles. The minimum absolute atomic E-state index is 0.147. The van der Waals surface area contributed by atoms with Crippen LogP contribution in [0.5, 0.6) is 0 Å². The molecule has 1 N–H and O–H groups in total. The summed E-state index contributed by atoms with van der Waals surface area (Å²) in [5.41, 5.74) is 0. The van der Waals surface area contributed by atoms with Gasteiger partial charge < -0.3 is 14.4 Å². The van der Waals surface area contributed by atoms with E-state index < -0.39 is 7.14 Å². The summed E-state index contributed by atoms with van der Waals surface area (Å²) in [5.74, 6) is 0.191. The Morgan fingerprint density at radius 3 is 2.50 bits per heavy atom. The SMILES string of the molecule is BCC(CO)COCP(C)(C)=O. The second-order valence-corrected chi connectivity index (χ2v) is 6.94. The first-order chi connectivity index (χ1) is 5.49. The Morgan fingerprint density at radius 1 is 1.58 bits per heavy atom. The number of aliphatic hydroxyl groups excluding tert-OH is 1. The van der Waals surface area contributed by atoms with Gasteiger partial charge in [0.25, 0.3) is 0 Å². The van der Waals surface area contributed by atoms with Gasteiger partial charge in [-0.3, -0.25) is 0 Å². The molecule has 0 saturated heterocycles. The van der Waals surface area contributed by atoms with E-state index in [4.69, 9.17) is 9.84 Å². The van der Waals surface area contributed by atoms with E-state index in [0.29, 0.717) is 13.0 Å². The van der Waals surface area contributed by atoms with E-state index in [1.165, 1.54) is 0 Å². The summed E-state index contributed by atoms with van der Waals surface area (Å²) in [6.07, 6.45) is 1.22. The Morgan fingerprint density at radius 2 is 2.17 bits per heavy atom. The largest absolute Gasteiger partial charge is 0.396 e. The van der Waals surface area contributed by atoms with Crippen molar-refractivity contribution in [3.8, 4) is 0 Å². The van der Waals surface area contributed by atoms with Gasteiger partial charge in [0.1, 0.15) is 15.0 Å². The summed E-state index contributed by atoms with van der Waals surface area (Å²) in [4.78, 5) is 0. The standard InChI is InChI=1S/C7H18BO3P/c1-12(2,10)6-11-5-7(3-8)4-9/h7,9H,3-6,8H2,1-2H3. The van der Waals surface area contributed by atoms with E-state index in [9.17, 15) is 4.57 Å². The average molecular weight is 192 g/mol. The van der Waals surface area contributed by atoms with Crippen molar-refractivity contribution >= 4 is 15.0 Å². The molecule has 0 aromatic rings. The Kier molecular flexibility index (Phi) is 5.90. The highest BCUT2D eigenvalue weighted by atomic mass is 31.2. The quantitative estimate of drug-likeness (QED) is 0.484. The molecule has 0 fully saturated rings. The van der Waals surface area contributed by atoms with Crippen molar-refractivity contribution in [2.75, 3.05) is 32.9 Å². The minimum atomic E-state index is -2.05. The zero-order valence-electron chi connectivity index (χ0n) is 8.12. The second-order valence-electron chi connectivity index (χ2n) is 3.53. The zero-order valence-corrected chi connectivity index (χ0v) is 9.01. The molecule has 0 aliphatic heterocycles. The van der Waals surface area contributed by atoms with Gasteiger partial charge in [-0.05, 0) is 19.2 Å². The van der Waals surface area contributed by atoms with Gasteiger partial charge in [-0.15, -0.1) is 0 Å². The third-order valence-electron chi connectivity index (χ3n) is 1.59. The first-order valence-corrected chi connectivity index (χ1v) is 7.01. The third-order valence-corrected chi connectivity index (χ3v) is 2.40. The fourth-order valence-corrected chi connectivity index (χ4v) is 1.28. The molecule has 0 radical (unpaired) electrons. The Balaban J connectivity index is 3.48. The number of hydrogen-bond donors (Lipinski definition) is 1. The van der Waals surface area contributed by atoms with Gasteiger partial charge in [0.15, 0.2) is 0 Å². The summed E-state index contributed by atoms with van der Waals surface area (Å²) >= 11 is 0. The highest BCUT2D eigenvalue weighted by Gasteiger charge is 2.09. The van der Waals surface area contributed by atoms with Gasteiger partial charge in [-0.1, -0.05) is 6.32 Å². The fraction of sp³-hybridized carbons (Fsp3) is 1.00. The van der Waals surface area contributed by atoms with Crippen molar-refractivity contribution in [2.45, 2.75) is 6.32 Å². The van der Waals surface area contributed by atoms with Crippen molar-refractivity contribution in [3.63, 3.8) is 0 Å². The summed E-state index contributed by atoms with van der Waals surface area (Å²) in [7, 11) is -0.0450. The maximum Gasteiger partial charge on any atom is 0.106 e. The molecular weight excluding hydrogens is 174 g/mol. The molecule has 0 rings (SSSR count). The van der Waals surface area contributed by atoms with Crippen LogP contribution in [0.25, 0.3) is 0 Å². The van der Waals surface area contributed by atoms with E-state index in [0.717, 1.165) is 6.32 Å². The van der Waals surface area contributed by atoms with Gasteiger partial charge in [-0.25, -0.2) is 0 Å². The first-order valence-electron chi connectivity index (χ1n) is 4.22. The van der Waals surface area contributed by atoms with Crippen LogP contribution in [0.1, 0.15) is 0 Å². The van der Waals surface area contributed by atoms with E-state index in [1.54, 1.807) is 13.3 Å². The van der Waals surface area contributed by atoms with Gasteiger partial charge in [-0.2, -0.15) is 0 Å². The maximum absolute atomic E-state index is 11.2. The monoisotopic (exact) mass is 192 g/mol. The zero-order chi connectivity index (χ0) is 9.61. The number of rotatable bonds is 6. The fourth-order valence-electron chi connectivity index (χ4n) is 0.739. The molecule has 5 heteroatoms. The van der Waals surface area contributed by atoms with Crippen LogP contribution in [-0.4, -0.2) is 45.8 Å². The van der Waals surface area contributed by atoms with Crippen LogP contribution in [0.4, 0.5) is 0 Å².